The molecule has 4 heteroatoms. The summed E-state index contributed by atoms with van der Waals surface area (Å²) >= 11 is 0. The molecule has 0 unspecified atom stereocenters. The van der Waals surface area contributed by atoms with E-state index in [2.05, 4.69) is 5.32 Å². The molecule has 1 N–H and O–H groups in total. The van der Waals surface area contributed by atoms with Crippen molar-refractivity contribution in [1.82, 2.24) is 5.32 Å². The van der Waals surface area contributed by atoms with Crippen LogP contribution in [-0.4, -0.2) is 24.8 Å². The SMILES string of the molecule is CC(=O)c1ccc(OCC(=O)NCC23CC4CC(CC(C4)C2)C3)cc1. The minimum Gasteiger partial charge on any atom is -0.484 e. The van der Waals surface area contributed by atoms with E-state index in [-0.39, 0.29) is 18.3 Å². The molecule has 0 atom stereocenters. The zero-order valence-corrected chi connectivity index (χ0v) is 14.9. The van der Waals surface area contributed by atoms with Crippen LogP contribution in [0.5, 0.6) is 5.75 Å². The number of hydrogen-bond donors (Lipinski definition) is 1. The Morgan fingerprint density at radius 3 is 2.12 bits per heavy atom. The van der Waals surface area contributed by atoms with Gasteiger partial charge in [-0.25, -0.2) is 0 Å². The van der Waals surface area contributed by atoms with Gasteiger partial charge in [-0.2, -0.15) is 0 Å². The molecule has 5 rings (SSSR count). The van der Waals surface area contributed by atoms with Crippen molar-refractivity contribution >= 4 is 11.7 Å². The molecule has 0 aliphatic heterocycles. The van der Waals surface area contributed by atoms with E-state index in [0.717, 1.165) is 24.3 Å². The second-order valence-corrected chi connectivity index (χ2v) is 8.56. The van der Waals surface area contributed by atoms with Crippen LogP contribution in [-0.2, 0) is 4.79 Å². The van der Waals surface area contributed by atoms with Crippen molar-refractivity contribution in [2.75, 3.05) is 13.2 Å². The lowest BCUT2D eigenvalue weighted by atomic mass is 9.49. The van der Waals surface area contributed by atoms with Crippen LogP contribution in [0, 0.1) is 23.2 Å². The van der Waals surface area contributed by atoms with Gasteiger partial charge >= 0.3 is 0 Å². The first kappa shape index (κ1) is 16.6. The van der Waals surface area contributed by atoms with E-state index in [1.54, 1.807) is 24.3 Å². The van der Waals surface area contributed by atoms with E-state index in [1.807, 2.05) is 0 Å². The monoisotopic (exact) mass is 341 g/mol. The number of Topliss-reactive ketones (excluding diaryl/α,β-unsaturated/α-hetero) is 1. The molecule has 1 aromatic carbocycles. The molecule has 4 fully saturated rings. The van der Waals surface area contributed by atoms with Crippen LogP contribution in [0.4, 0.5) is 0 Å². The Labute approximate surface area is 149 Å². The van der Waals surface area contributed by atoms with Gasteiger partial charge in [0, 0.05) is 12.1 Å². The first-order valence-electron chi connectivity index (χ1n) is 9.52. The highest BCUT2D eigenvalue weighted by Crippen LogP contribution is 2.59. The van der Waals surface area contributed by atoms with Crippen LogP contribution in [0.25, 0.3) is 0 Å². The van der Waals surface area contributed by atoms with E-state index in [4.69, 9.17) is 4.74 Å². The summed E-state index contributed by atoms with van der Waals surface area (Å²) in [6.07, 6.45) is 8.16. The Hall–Kier alpha value is -1.84. The van der Waals surface area contributed by atoms with Gasteiger partial charge in [0.1, 0.15) is 5.75 Å². The molecule has 4 aliphatic carbocycles. The normalized spacial score (nSPS) is 32.4. The van der Waals surface area contributed by atoms with Crippen molar-refractivity contribution in [2.45, 2.75) is 45.4 Å². The lowest BCUT2D eigenvalue weighted by Gasteiger charge is -2.56. The Morgan fingerprint density at radius 2 is 1.60 bits per heavy atom. The molecule has 1 aromatic rings. The van der Waals surface area contributed by atoms with Gasteiger partial charge in [0.15, 0.2) is 12.4 Å². The lowest BCUT2D eigenvalue weighted by Crippen LogP contribution is -2.51. The summed E-state index contributed by atoms with van der Waals surface area (Å²) < 4.78 is 5.55. The number of amides is 1. The summed E-state index contributed by atoms with van der Waals surface area (Å²) in [5.74, 6) is 3.30. The van der Waals surface area contributed by atoms with Gasteiger partial charge < -0.3 is 10.1 Å². The standard InChI is InChI=1S/C21H27NO3/c1-14(23)18-2-4-19(5-3-18)25-12-20(24)22-13-21-9-15-6-16(10-21)8-17(7-15)11-21/h2-5,15-17H,6-13H2,1H3,(H,22,24). The Balaban J connectivity index is 1.26. The number of ketones is 1. The van der Waals surface area contributed by atoms with Crippen molar-refractivity contribution in [1.29, 1.82) is 0 Å². The molecule has 4 nitrogen and oxygen atoms in total. The van der Waals surface area contributed by atoms with Crippen LogP contribution < -0.4 is 10.1 Å². The summed E-state index contributed by atoms with van der Waals surface area (Å²) in [6.45, 7) is 2.38. The average molecular weight is 341 g/mol. The third kappa shape index (κ3) is 3.58. The molecule has 0 aromatic heterocycles. The van der Waals surface area contributed by atoms with E-state index >= 15 is 0 Å². The molecule has 25 heavy (non-hydrogen) atoms. The first-order chi connectivity index (χ1) is 12.0. The molecular formula is C21H27NO3. The van der Waals surface area contributed by atoms with Gasteiger partial charge in [-0.15, -0.1) is 0 Å². The van der Waals surface area contributed by atoms with Gasteiger partial charge in [-0.05, 0) is 92.9 Å². The average Bonchev–Trinajstić information content (AvgIpc) is 2.57. The van der Waals surface area contributed by atoms with Crippen molar-refractivity contribution in [3.63, 3.8) is 0 Å². The Kier molecular flexibility index (Phi) is 4.30. The van der Waals surface area contributed by atoms with Crippen molar-refractivity contribution in [3.05, 3.63) is 29.8 Å². The van der Waals surface area contributed by atoms with Crippen molar-refractivity contribution in [3.8, 4) is 5.75 Å². The maximum absolute atomic E-state index is 12.2. The van der Waals surface area contributed by atoms with Gasteiger partial charge in [-0.1, -0.05) is 0 Å². The number of benzene rings is 1. The summed E-state index contributed by atoms with van der Waals surface area (Å²) in [6, 6.07) is 6.93. The molecule has 0 radical (unpaired) electrons. The fraction of sp³-hybridized carbons (Fsp3) is 0.619. The number of hydrogen-bond acceptors (Lipinski definition) is 3. The van der Waals surface area contributed by atoms with Crippen LogP contribution in [0.3, 0.4) is 0 Å². The summed E-state index contributed by atoms with van der Waals surface area (Å²) in [4.78, 5) is 23.5. The van der Waals surface area contributed by atoms with Crippen molar-refractivity contribution in [2.24, 2.45) is 23.2 Å². The summed E-state index contributed by atoms with van der Waals surface area (Å²) in [5.41, 5.74) is 1.01. The fourth-order valence-corrected chi connectivity index (χ4v) is 5.78. The molecule has 4 aliphatic rings. The minimum atomic E-state index is -0.0496. The molecule has 1 amide bonds. The second kappa shape index (κ2) is 6.47. The predicted octanol–water partition coefficient (Wildman–Crippen LogP) is 3.60. The first-order valence-corrected chi connectivity index (χ1v) is 9.52. The highest BCUT2D eigenvalue weighted by molar-refractivity contribution is 5.94. The van der Waals surface area contributed by atoms with Gasteiger partial charge in [0.25, 0.3) is 5.91 Å². The van der Waals surface area contributed by atoms with Crippen LogP contribution in [0.1, 0.15) is 55.8 Å². The fourth-order valence-electron chi connectivity index (χ4n) is 5.78. The molecule has 134 valence electrons. The topological polar surface area (TPSA) is 55.4 Å². The zero-order valence-electron chi connectivity index (χ0n) is 14.9. The summed E-state index contributed by atoms with van der Waals surface area (Å²) in [5, 5.41) is 3.12. The second-order valence-electron chi connectivity index (χ2n) is 8.56. The number of nitrogens with one attached hydrogen (secondary N) is 1. The van der Waals surface area contributed by atoms with Crippen LogP contribution in [0.15, 0.2) is 24.3 Å². The smallest absolute Gasteiger partial charge is 0.257 e. The van der Waals surface area contributed by atoms with E-state index in [9.17, 15) is 9.59 Å². The van der Waals surface area contributed by atoms with Gasteiger partial charge in [-0.3, -0.25) is 9.59 Å². The van der Waals surface area contributed by atoms with Gasteiger partial charge in [0.05, 0.1) is 0 Å². The molecule has 0 heterocycles. The van der Waals surface area contributed by atoms with Crippen LogP contribution >= 0.6 is 0 Å². The minimum absolute atomic E-state index is 0.0277. The summed E-state index contributed by atoms with van der Waals surface area (Å²) in [7, 11) is 0. The Morgan fingerprint density at radius 1 is 1.04 bits per heavy atom. The largest absolute Gasteiger partial charge is 0.484 e. The third-order valence-corrected chi connectivity index (χ3v) is 6.46. The molecule has 4 saturated carbocycles. The molecule has 4 bridgehead atoms. The maximum Gasteiger partial charge on any atom is 0.257 e. The number of carbonyl (C=O) groups is 2. The van der Waals surface area contributed by atoms with E-state index in [0.29, 0.717) is 16.7 Å². The Bertz CT molecular complexity index is 629. The third-order valence-electron chi connectivity index (χ3n) is 6.46. The zero-order chi connectivity index (χ0) is 17.4. The quantitative estimate of drug-likeness (QED) is 0.804. The number of rotatable bonds is 6. The van der Waals surface area contributed by atoms with Gasteiger partial charge in [0.2, 0.25) is 0 Å². The highest BCUT2D eigenvalue weighted by Gasteiger charge is 2.50. The lowest BCUT2D eigenvalue weighted by molar-refractivity contribution is -0.125. The number of ether oxygens (including phenoxy) is 1. The maximum atomic E-state index is 12.2. The van der Waals surface area contributed by atoms with E-state index in [1.165, 1.54) is 45.4 Å². The molecule has 0 spiro atoms. The highest BCUT2D eigenvalue weighted by atomic mass is 16.5. The molecular weight excluding hydrogens is 314 g/mol. The predicted molar refractivity (Wildman–Crippen MR) is 95.6 cm³/mol. The van der Waals surface area contributed by atoms with Crippen molar-refractivity contribution < 1.29 is 14.3 Å². The van der Waals surface area contributed by atoms with Crippen LogP contribution in [0.2, 0.25) is 0 Å². The number of carbonyl (C=O) groups excluding carboxylic acids is 2. The molecule has 0 saturated heterocycles. The van der Waals surface area contributed by atoms with E-state index < -0.39 is 0 Å².